The maximum atomic E-state index is 6.30. The van der Waals surface area contributed by atoms with Crippen molar-refractivity contribution in [2.45, 2.75) is 26.9 Å². The second kappa shape index (κ2) is 7.53. The Morgan fingerprint density at radius 1 is 1.13 bits per heavy atom. The van der Waals surface area contributed by atoms with Crippen molar-refractivity contribution in [2.75, 3.05) is 5.73 Å². The van der Waals surface area contributed by atoms with Crippen molar-refractivity contribution in [3.05, 3.63) is 54.1 Å². The number of pyridine rings is 1. The zero-order valence-corrected chi connectivity index (χ0v) is 17.5. The number of ether oxygens (including phenoxy) is 1. The highest BCUT2D eigenvalue weighted by Gasteiger charge is 2.23. The number of anilines is 1. The minimum Gasteiger partial charge on any atom is -0.491 e. The van der Waals surface area contributed by atoms with E-state index in [9.17, 15) is 0 Å². The van der Waals surface area contributed by atoms with Crippen LogP contribution in [0.4, 0.5) is 5.82 Å². The zero-order valence-electron chi connectivity index (χ0n) is 17.5. The Labute approximate surface area is 175 Å². The van der Waals surface area contributed by atoms with Crippen LogP contribution in [0.2, 0.25) is 0 Å². The molecule has 0 atom stereocenters. The van der Waals surface area contributed by atoms with E-state index in [-0.39, 0.29) is 6.10 Å². The summed E-state index contributed by atoms with van der Waals surface area (Å²) < 4.78 is 7.83. The number of aryl methyl sites for hydroxylation is 2. The van der Waals surface area contributed by atoms with E-state index in [4.69, 9.17) is 16.9 Å². The highest BCUT2D eigenvalue weighted by molar-refractivity contribution is 6.07. The van der Waals surface area contributed by atoms with E-state index >= 15 is 0 Å². The van der Waals surface area contributed by atoms with E-state index < -0.39 is 0 Å². The van der Waals surface area contributed by atoms with E-state index in [1.54, 1.807) is 0 Å². The summed E-state index contributed by atoms with van der Waals surface area (Å²) in [7, 11) is 1.97. The quantitative estimate of drug-likeness (QED) is 0.518. The molecule has 0 aliphatic rings. The number of aromatic nitrogens is 4. The molecule has 0 spiro atoms. The first-order chi connectivity index (χ1) is 14.4. The molecule has 0 bridgehead atoms. The number of benzene rings is 1. The van der Waals surface area contributed by atoms with Crippen molar-refractivity contribution in [3.63, 3.8) is 0 Å². The van der Waals surface area contributed by atoms with Crippen molar-refractivity contribution in [1.29, 1.82) is 0 Å². The summed E-state index contributed by atoms with van der Waals surface area (Å²) in [5.74, 6) is 3.84. The van der Waals surface area contributed by atoms with Gasteiger partial charge in [0.1, 0.15) is 29.2 Å². The lowest BCUT2D eigenvalue weighted by Gasteiger charge is -2.13. The van der Waals surface area contributed by atoms with E-state index in [2.05, 4.69) is 20.9 Å². The Kier molecular flexibility index (Phi) is 4.88. The first-order valence-corrected chi connectivity index (χ1v) is 9.70. The van der Waals surface area contributed by atoms with Crippen molar-refractivity contribution in [2.24, 2.45) is 7.05 Å². The molecule has 6 heteroatoms. The number of nitrogens with two attached hydrogens (primary N) is 1. The van der Waals surface area contributed by atoms with Crippen LogP contribution < -0.4 is 10.5 Å². The Morgan fingerprint density at radius 2 is 1.87 bits per heavy atom. The fourth-order valence-corrected chi connectivity index (χ4v) is 3.73. The van der Waals surface area contributed by atoms with E-state index in [1.807, 2.05) is 68.9 Å². The van der Waals surface area contributed by atoms with Crippen LogP contribution in [0, 0.1) is 19.3 Å². The van der Waals surface area contributed by atoms with Gasteiger partial charge in [0.05, 0.1) is 17.2 Å². The average Bonchev–Trinajstić information content (AvgIpc) is 3.02. The largest absolute Gasteiger partial charge is 0.491 e. The number of hydrogen-bond donors (Lipinski definition) is 1. The summed E-state index contributed by atoms with van der Waals surface area (Å²) in [4.78, 5) is 13.1. The average molecular weight is 397 g/mol. The molecule has 30 heavy (non-hydrogen) atoms. The highest BCUT2D eigenvalue weighted by atomic mass is 16.5. The second-order valence-corrected chi connectivity index (χ2v) is 7.46. The molecule has 2 N–H and O–H groups in total. The summed E-state index contributed by atoms with van der Waals surface area (Å²) in [5.41, 5.74) is 12.6. The molecule has 150 valence electrons. The monoisotopic (exact) mass is 397 g/mol. The Bertz CT molecular complexity index is 1280. The molecule has 6 nitrogen and oxygen atoms in total. The molecule has 3 aromatic heterocycles. The van der Waals surface area contributed by atoms with E-state index in [1.165, 1.54) is 6.33 Å². The SMILES string of the molecule is C#Cc1cc(C)c(-c2c(-c3ccc(OC(C)C)cc3)c3c(N)ncnc3n2C)cn1. The van der Waals surface area contributed by atoms with Crippen molar-refractivity contribution < 1.29 is 4.74 Å². The molecule has 0 aliphatic carbocycles. The number of nitrogens with zero attached hydrogens (tertiary/aromatic N) is 4. The minimum atomic E-state index is 0.108. The Hall–Kier alpha value is -3.85. The van der Waals surface area contributed by atoms with Crippen molar-refractivity contribution in [3.8, 4) is 40.5 Å². The summed E-state index contributed by atoms with van der Waals surface area (Å²) in [6.45, 7) is 6.03. The van der Waals surface area contributed by atoms with Crippen LogP contribution in [-0.2, 0) is 7.05 Å². The number of rotatable bonds is 4. The Morgan fingerprint density at radius 3 is 2.50 bits per heavy atom. The lowest BCUT2D eigenvalue weighted by atomic mass is 9.97. The lowest BCUT2D eigenvalue weighted by molar-refractivity contribution is 0.242. The third-order valence-electron chi connectivity index (χ3n) is 5.03. The van der Waals surface area contributed by atoms with Gasteiger partial charge in [-0.05, 0) is 50.1 Å². The molecule has 0 saturated heterocycles. The van der Waals surface area contributed by atoms with E-state index in [0.29, 0.717) is 11.5 Å². The van der Waals surface area contributed by atoms with Crippen LogP contribution in [0.1, 0.15) is 25.1 Å². The summed E-state index contributed by atoms with van der Waals surface area (Å²) >= 11 is 0. The molecule has 0 saturated carbocycles. The number of hydrogen-bond acceptors (Lipinski definition) is 5. The summed E-state index contributed by atoms with van der Waals surface area (Å²) in [6, 6.07) is 9.89. The van der Waals surface area contributed by atoms with Gasteiger partial charge in [-0.3, -0.25) is 0 Å². The van der Waals surface area contributed by atoms with Crippen LogP contribution >= 0.6 is 0 Å². The van der Waals surface area contributed by atoms with Gasteiger partial charge in [-0.25, -0.2) is 15.0 Å². The molecule has 4 aromatic rings. The van der Waals surface area contributed by atoms with Crippen LogP contribution in [-0.4, -0.2) is 25.6 Å². The van der Waals surface area contributed by atoms with Gasteiger partial charge in [-0.1, -0.05) is 18.1 Å². The topological polar surface area (TPSA) is 78.9 Å². The molecule has 0 radical (unpaired) electrons. The smallest absolute Gasteiger partial charge is 0.146 e. The normalized spacial score (nSPS) is 11.1. The van der Waals surface area contributed by atoms with Crippen LogP contribution in [0.15, 0.2) is 42.9 Å². The van der Waals surface area contributed by atoms with Gasteiger partial charge in [0.15, 0.2) is 0 Å². The standard InChI is InChI=1S/C24H23N5O/c1-6-17-11-15(4)19(12-26-17)22-20(16-7-9-18(10-8-16)30-14(2)3)21-23(25)27-13-28-24(21)29(22)5/h1,7-14H,2-5H3,(H2,25,27,28). The molecule has 0 amide bonds. The van der Waals surface area contributed by atoms with Gasteiger partial charge in [0.25, 0.3) is 0 Å². The first kappa shape index (κ1) is 19.5. The van der Waals surface area contributed by atoms with Gasteiger partial charge in [0.2, 0.25) is 0 Å². The third-order valence-corrected chi connectivity index (χ3v) is 5.03. The van der Waals surface area contributed by atoms with Gasteiger partial charge in [-0.15, -0.1) is 6.42 Å². The van der Waals surface area contributed by atoms with Gasteiger partial charge >= 0.3 is 0 Å². The molecule has 0 fully saturated rings. The number of nitrogen functional groups attached to an aromatic ring is 1. The van der Waals surface area contributed by atoms with Gasteiger partial charge in [0, 0.05) is 24.4 Å². The molecular weight excluding hydrogens is 374 g/mol. The van der Waals surface area contributed by atoms with Crippen LogP contribution in [0.5, 0.6) is 5.75 Å². The Balaban J connectivity index is 2.01. The molecule has 0 aliphatic heterocycles. The van der Waals surface area contributed by atoms with Crippen LogP contribution in [0.25, 0.3) is 33.4 Å². The number of terminal acetylenes is 1. The predicted octanol–water partition coefficient (Wildman–Crippen LogP) is 4.36. The summed E-state index contributed by atoms with van der Waals surface area (Å²) in [5, 5.41) is 0.813. The zero-order chi connectivity index (χ0) is 21.4. The lowest BCUT2D eigenvalue weighted by Crippen LogP contribution is -2.05. The third kappa shape index (κ3) is 3.25. The number of fused-ring (bicyclic) bond motifs is 1. The minimum absolute atomic E-state index is 0.108. The van der Waals surface area contributed by atoms with E-state index in [0.717, 1.165) is 44.7 Å². The predicted molar refractivity (Wildman–Crippen MR) is 120 cm³/mol. The van der Waals surface area contributed by atoms with Crippen LogP contribution in [0.3, 0.4) is 0 Å². The summed E-state index contributed by atoms with van der Waals surface area (Å²) in [6.07, 6.45) is 8.92. The maximum absolute atomic E-state index is 6.30. The first-order valence-electron chi connectivity index (χ1n) is 9.70. The maximum Gasteiger partial charge on any atom is 0.146 e. The molecule has 3 heterocycles. The molecular formula is C24H23N5O. The highest BCUT2D eigenvalue weighted by Crippen LogP contribution is 2.42. The van der Waals surface area contributed by atoms with Crippen molar-refractivity contribution >= 4 is 16.9 Å². The fourth-order valence-electron chi connectivity index (χ4n) is 3.73. The van der Waals surface area contributed by atoms with Crippen molar-refractivity contribution in [1.82, 2.24) is 19.5 Å². The van der Waals surface area contributed by atoms with Gasteiger partial charge < -0.3 is 15.0 Å². The fraction of sp³-hybridized carbons (Fsp3) is 0.208. The molecule has 1 aromatic carbocycles. The van der Waals surface area contributed by atoms with Gasteiger partial charge in [-0.2, -0.15) is 0 Å². The second-order valence-electron chi connectivity index (χ2n) is 7.46. The molecule has 4 rings (SSSR count). The molecule has 0 unspecified atom stereocenters.